The number of likely N-dealkylation sites (tertiary alicyclic amines) is 1. The third-order valence-corrected chi connectivity index (χ3v) is 4.62. The van der Waals surface area contributed by atoms with Crippen LogP contribution in [0, 0.1) is 5.82 Å². The van der Waals surface area contributed by atoms with E-state index in [1.54, 1.807) is 15.9 Å². The zero-order chi connectivity index (χ0) is 20.5. The van der Waals surface area contributed by atoms with Gasteiger partial charge in [-0.3, -0.25) is 0 Å². The summed E-state index contributed by atoms with van der Waals surface area (Å²) in [5, 5.41) is 6.65. The van der Waals surface area contributed by atoms with Gasteiger partial charge in [0.15, 0.2) is 5.96 Å². The number of amides is 1. The first kappa shape index (κ1) is 25.3. The summed E-state index contributed by atoms with van der Waals surface area (Å²) in [6.07, 6.45) is 1.41. The molecular formula is C20H33FIN5O2. The number of carbonyl (C=O) groups is 1. The molecule has 1 aliphatic heterocycles. The predicted octanol–water partition coefficient (Wildman–Crippen LogP) is 3.19. The number of carbonyl (C=O) groups excluding carboxylic acids is 1. The molecule has 0 unspecified atom stereocenters. The van der Waals surface area contributed by atoms with E-state index in [4.69, 9.17) is 4.74 Å². The molecule has 1 aromatic rings. The van der Waals surface area contributed by atoms with Crippen molar-refractivity contribution in [3.05, 3.63) is 29.6 Å². The number of halogens is 2. The highest BCUT2D eigenvalue weighted by Crippen LogP contribution is 2.18. The predicted molar refractivity (Wildman–Crippen MR) is 126 cm³/mol. The molecule has 29 heavy (non-hydrogen) atoms. The van der Waals surface area contributed by atoms with Crippen LogP contribution in [0.3, 0.4) is 0 Å². The molecule has 9 heteroatoms. The standard InChI is InChI=1S/C20H32FN5O2.HI/c1-5-22-19(23-14-15-7-8-18(25(3)4)17(21)13-15)24-16-9-11-26(12-10-16)20(27)28-6-2;/h7-8,13,16H,5-6,9-12,14H2,1-4H3,(H2,22,23,24);1H. The number of rotatable bonds is 6. The van der Waals surface area contributed by atoms with Crippen molar-refractivity contribution < 1.29 is 13.9 Å². The van der Waals surface area contributed by atoms with Gasteiger partial charge in [0, 0.05) is 39.8 Å². The van der Waals surface area contributed by atoms with Crippen molar-refractivity contribution in [2.45, 2.75) is 39.3 Å². The summed E-state index contributed by atoms with van der Waals surface area (Å²) in [7, 11) is 3.63. The maximum absolute atomic E-state index is 14.1. The number of anilines is 1. The lowest BCUT2D eigenvalue weighted by atomic mass is 10.1. The van der Waals surface area contributed by atoms with Gasteiger partial charge < -0.3 is 25.2 Å². The minimum atomic E-state index is -0.248. The third-order valence-electron chi connectivity index (χ3n) is 4.62. The summed E-state index contributed by atoms with van der Waals surface area (Å²) in [5.74, 6) is 0.455. The van der Waals surface area contributed by atoms with Crippen molar-refractivity contribution in [3.8, 4) is 0 Å². The van der Waals surface area contributed by atoms with Gasteiger partial charge in [-0.25, -0.2) is 14.2 Å². The monoisotopic (exact) mass is 521 g/mol. The van der Waals surface area contributed by atoms with Gasteiger partial charge in [-0.1, -0.05) is 6.07 Å². The number of nitrogens with zero attached hydrogens (tertiary/aromatic N) is 3. The Hall–Kier alpha value is -1.78. The molecule has 0 saturated carbocycles. The normalized spacial score (nSPS) is 14.8. The highest BCUT2D eigenvalue weighted by Gasteiger charge is 2.24. The average molecular weight is 521 g/mol. The van der Waals surface area contributed by atoms with Crippen molar-refractivity contribution in [2.75, 3.05) is 45.2 Å². The molecule has 0 aromatic heterocycles. The van der Waals surface area contributed by atoms with Gasteiger partial charge in [0.1, 0.15) is 5.82 Å². The zero-order valence-corrected chi connectivity index (χ0v) is 20.0. The second kappa shape index (κ2) is 12.7. The molecule has 1 amide bonds. The van der Waals surface area contributed by atoms with Crippen LogP contribution in [0.1, 0.15) is 32.3 Å². The second-order valence-electron chi connectivity index (χ2n) is 6.98. The van der Waals surface area contributed by atoms with Gasteiger partial charge in [0.25, 0.3) is 0 Å². The van der Waals surface area contributed by atoms with Crippen molar-refractivity contribution in [1.29, 1.82) is 0 Å². The fourth-order valence-electron chi connectivity index (χ4n) is 3.12. The fraction of sp³-hybridized carbons (Fsp3) is 0.600. The number of hydrogen-bond acceptors (Lipinski definition) is 4. The zero-order valence-electron chi connectivity index (χ0n) is 17.7. The molecule has 0 radical (unpaired) electrons. The summed E-state index contributed by atoms with van der Waals surface area (Å²) in [6.45, 7) is 6.66. The average Bonchev–Trinajstić information content (AvgIpc) is 2.67. The summed E-state index contributed by atoms with van der Waals surface area (Å²) in [5.41, 5.74) is 1.38. The lowest BCUT2D eigenvalue weighted by molar-refractivity contribution is 0.0963. The van der Waals surface area contributed by atoms with Crippen LogP contribution in [0.25, 0.3) is 0 Å². The van der Waals surface area contributed by atoms with Crippen LogP contribution in [0.15, 0.2) is 23.2 Å². The summed E-state index contributed by atoms with van der Waals surface area (Å²) in [6, 6.07) is 5.42. The quantitative estimate of drug-likeness (QED) is 0.342. The summed E-state index contributed by atoms with van der Waals surface area (Å²) < 4.78 is 19.2. The number of aliphatic imine (C=N–C) groups is 1. The van der Waals surface area contributed by atoms with E-state index in [-0.39, 0.29) is 41.9 Å². The SMILES string of the molecule is CCNC(=NCc1ccc(N(C)C)c(F)c1)NC1CCN(C(=O)OCC)CC1.I. The number of nitrogens with one attached hydrogen (secondary N) is 2. The molecule has 1 fully saturated rings. The summed E-state index contributed by atoms with van der Waals surface area (Å²) >= 11 is 0. The Balaban J connectivity index is 0.00000420. The van der Waals surface area contributed by atoms with Crippen molar-refractivity contribution in [1.82, 2.24) is 15.5 Å². The Labute approximate surface area is 190 Å². The second-order valence-corrected chi connectivity index (χ2v) is 6.98. The molecule has 2 rings (SSSR count). The topological polar surface area (TPSA) is 69.2 Å². The van der Waals surface area contributed by atoms with Crippen molar-refractivity contribution in [2.24, 2.45) is 4.99 Å². The number of ether oxygens (including phenoxy) is 1. The van der Waals surface area contributed by atoms with E-state index < -0.39 is 0 Å². The van der Waals surface area contributed by atoms with E-state index in [0.717, 1.165) is 24.9 Å². The molecule has 1 heterocycles. The van der Waals surface area contributed by atoms with E-state index in [1.165, 1.54) is 6.07 Å². The first-order valence-corrected chi connectivity index (χ1v) is 9.86. The lowest BCUT2D eigenvalue weighted by Gasteiger charge is -2.32. The number of piperidine rings is 1. The van der Waals surface area contributed by atoms with Crippen LogP contribution >= 0.6 is 24.0 Å². The number of benzene rings is 1. The van der Waals surface area contributed by atoms with Gasteiger partial charge >= 0.3 is 6.09 Å². The van der Waals surface area contributed by atoms with Gasteiger partial charge in [0.05, 0.1) is 18.8 Å². The maximum Gasteiger partial charge on any atom is 0.409 e. The molecule has 1 saturated heterocycles. The molecular weight excluding hydrogens is 488 g/mol. The molecule has 0 spiro atoms. The highest BCUT2D eigenvalue weighted by atomic mass is 127. The summed E-state index contributed by atoms with van der Waals surface area (Å²) in [4.78, 5) is 19.9. The highest BCUT2D eigenvalue weighted by molar-refractivity contribution is 14.0. The smallest absolute Gasteiger partial charge is 0.409 e. The molecule has 0 aliphatic carbocycles. The van der Waals surface area contributed by atoms with E-state index in [2.05, 4.69) is 15.6 Å². The largest absolute Gasteiger partial charge is 0.450 e. The number of guanidine groups is 1. The Bertz CT molecular complexity index is 679. The van der Waals surface area contributed by atoms with Crippen molar-refractivity contribution in [3.63, 3.8) is 0 Å². The van der Waals surface area contributed by atoms with E-state index in [0.29, 0.717) is 37.9 Å². The van der Waals surface area contributed by atoms with Gasteiger partial charge in [0.2, 0.25) is 0 Å². The van der Waals surface area contributed by atoms with Crippen LogP contribution in [0.2, 0.25) is 0 Å². The van der Waals surface area contributed by atoms with E-state index in [1.807, 2.05) is 34.0 Å². The van der Waals surface area contributed by atoms with Gasteiger partial charge in [-0.2, -0.15) is 0 Å². The Morgan fingerprint density at radius 3 is 2.55 bits per heavy atom. The molecule has 7 nitrogen and oxygen atoms in total. The molecule has 164 valence electrons. The molecule has 0 atom stereocenters. The molecule has 0 bridgehead atoms. The molecule has 1 aliphatic rings. The van der Waals surface area contributed by atoms with Gasteiger partial charge in [-0.15, -0.1) is 24.0 Å². The Morgan fingerprint density at radius 1 is 1.31 bits per heavy atom. The maximum atomic E-state index is 14.1. The van der Waals surface area contributed by atoms with Crippen molar-refractivity contribution >= 4 is 41.7 Å². The number of hydrogen-bond donors (Lipinski definition) is 2. The third kappa shape index (κ3) is 7.87. The minimum Gasteiger partial charge on any atom is -0.450 e. The molecule has 1 aromatic carbocycles. The van der Waals surface area contributed by atoms with Gasteiger partial charge in [-0.05, 0) is 44.4 Å². The molecule has 2 N–H and O–H groups in total. The first-order chi connectivity index (χ1) is 13.4. The van der Waals surface area contributed by atoms with E-state index in [9.17, 15) is 9.18 Å². The Morgan fingerprint density at radius 2 is 2.00 bits per heavy atom. The van der Waals surface area contributed by atoms with Crippen LogP contribution in [-0.4, -0.2) is 63.3 Å². The first-order valence-electron chi connectivity index (χ1n) is 9.86. The minimum absolute atomic E-state index is 0. The van der Waals surface area contributed by atoms with E-state index >= 15 is 0 Å². The lowest BCUT2D eigenvalue weighted by Crippen LogP contribution is -2.49. The van der Waals surface area contributed by atoms with Crippen LogP contribution in [-0.2, 0) is 11.3 Å². The fourth-order valence-corrected chi connectivity index (χ4v) is 3.12. The van der Waals surface area contributed by atoms with Crippen LogP contribution < -0.4 is 15.5 Å². The Kier molecular flexibility index (Phi) is 11.1. The van der Waals surface area contributed by atoms with Crippen LogP contribution in [0.5, 0.6) is 0 Å². The van der Waals surface area contributed by atoms with Crippen LogP contribution in [0.4, 0.5) is 14.9 Å².